The molecule has 0 bridgehead atoms. The van der Waals surface area contributed by atoms with Crippen LogP contribution in [0.5, 0.6) is 0 Å². The Hall–Kier alpha value is 0. The van der Waals surface area contributed by atoms with Crippen molar-refractivity contribution < 1.29 is 0 Å². The average Bonchev–Trinajstić information content (AvgIpc) is 2.79. The van der Waals surface area contributed by atoms with E-state index in [1.807, 2.05) is 0 Å². The molecule has 0 aliphatic heterocycles. The first kappa shape index (κ1) is 32.5. The minimum Gasteiger partial charge on any atom is -0.0651 e. The molecule has 0 nitrogen and oxygen atoms in total. The monoisotopic (exact) mass is 529 g/mol. The second-order valence-electron chi connectivity index (χ2n) is 17.5. The van der Waals surface area contributed by atoms with Gasteiger partial charge < -0.3 is 0 Å². The molecule has 224 valence electrons. The Labute approximate surface area is 241 Å². The average molecular weight is 529 g/mol. The predicted octanol–water partition coefficient (Wildman–Crippen LogP) is 11.4. The van der Waals surface area contributed by atoms with Crippen LogP contribution >= 0.6 is 0 Å². The molecule has 3 aliphatic rings. The van der Waals surface area contributed by atoms with Crippen LogP contribution in [0.15, 0.2) is 0 Å². The van der Waals surface area contributed by atoms with E-state index in [-0.39, 0.29) is 0 Å². The van der Waals surface area contributed by atoms with Gasteiger partial charge in [0.15, 0.2) is 0 Å². The Bertz CT molecular complexity index is 756. The fourth-order valence-electron chi connectivity index (χ4n) is 13.4. The molecule has 3 fully saturated rings. The van der Waals surface area contributed by atoms with Gasteiger partial charge in [0.05, 0.1) is 0 Å². The Morgan fingerprint density at radius 3 is 1.32 bits per heavy atom. The van der Waals surface area contributed by atoms with Crippen molar-refractivity contribution in [2.24, 2.45) is 118 Å². The third-order valence-electron chi connectivity index (χ3n) is 15.0. The van der Waals surface area contributed by atoms with Crippen LogP contribution in [-0.2, 0) is 0 Å². The lowest BCUT2D eigenvalue weighted by molar-refractivity contribution is -0.143. The Morgan fingerprint density at radius 1 is 0.474 bits per heavy atom. The Balaban J connectivity index is 2.02. The van der Waals surface area contributed by atoms with Gasteiger partial charge in [0.25, 0.3) is 0 Å². The van der Waals surface area contributed by atoms with E-state index in [0.29, 0.717) is 5.41 Å². The van der Waals surface area contributed by atoms with Gasteiger partial charge in [-0.25, -0.2) is 0 Å². The van der Waals surface area contributed by atoms with Crippen LogP contribution in [0, 0.1) is 118 Å². The number of rotatable bonds is 5. The number of fused-ring (bicyclic) bond motifs is 1. The van der Waals surface area contributed by atoms with Gasteiger partial charge in [-0.05, 0) is 118 Å². The molecule has 0 aromatic carbocycles. The molecule has 38 heavy (non-hydrogen) atoms. The van der Waals surface area contributed by atoms with Crippen molar-refractivity contribution in [3.63, 3.8) is 0 Å². The first-order valence-electron chi connectivity index (χ1n) is 17.4. The normalized spacial score (nSPS) is 51.9. The third kappa shape index (κ3) is 5.21. The van der Waals surface area contributed by atoms with Crippen molar-refractivity contribution in [2.75, 3.05) is 0 Å². The van der Waals surface area contributed by atoms with E-state index in [1.54, 1.807) is 0 Å². The lowest BCUT2D eigenvalue weighted by Gasteiger charge is -2.62. The van der Waals surface area contributed by atoms with E-state index in [0.717, 1.165) is 112 Å². The second kappa shape index (κ2) is 11.7. The predicted molar refractivity (Wildman–Crippen MR) is 170 cm³/mol. The van der Waals surface area contributed by atoms with Gasteiger partial charge in [-0.2, -0.15) is 0 Å². The topological polar surface area (TPSA) is 0 Å². The van der Waals surface area contributed by atoms with Gasteiger partial charge in [-0.1, -0.05) is 124 Å². The summed E-state index contributed by atoms with van der Waals surface area (Å²) in [6.45, 7) is 44.4. The highest BCUT2D eigenvalue weighted by Gasteiger charge is 2.57. The van der Waals surface area contributed by atoms with Crippen LogP contribution in [0.1, 0.15) is 124 Å². The summed E-state index contributed by atoms with van der Waals surface area (Å²) in [4.78, 5) is 0. The molecule has 0 amide bonds. The zero-order valence-corrected chi connectivity index (χ0v) is 29.2. The van der Waals surface area contributed by atoms with Gasteiger partial charge in [0.2, 0.25) is 0 Å². The molecule has 0 heterocycles. The number of hydrogen-bond donors (Lipinski definition) is 0. The molecule has 0 spiro atoms. The zero-order valence-electron chi connectivity index (χ0n) is 29.2. The van der Waals surface area contributed by atoms with Crippen LogP contribution in [0.3, 0.4) is 0 Å². The molecule has 0 radical (unpaired) electrons. The van der Waals surface area contributed by atoms with Gasteiger partial charge in [-0.3, -0.25) is 0 Å². The lowest BCUT2D eigenvalue weighted by Crippen LogP contribution is -2.57. The van der Waals surface area contributed by atoms with Crippen molar-refractivity contribution in [3.05, 3.63) is 0 Å². The van der Waals surface area contributed by atoms with E-state index >= 15 is 0 Å². The molecule has 0 aromatic rings. The van der Waals surface area contributed by atoms with Gasteiger partial charge in [0, 0.05) is 0 Å². The summed E-state index contributed by atoms with van der Waals surface area (Å²) in [6.07, 6.45) is 1.36. The standard InChI is InChI=1S/C38H72/c1-18-31(26(10)33-27(11)32(19(2)3)29(13)37(30(33)14)38(15,16)17)34-24(8)25(9)35-22(6)20(4)21(5)23(7)36(35)28(34)12/h19-37H,18H2,1-17H3/t20-,21?,22?,23?,24+,25+,26?,27-,28+,29-,30-,31?,32-,33+,34+,35?,36?,37-/m0/s1. The molecule has 3 aliphatic carbocycles. The Morgan fingerprint density at radius 2 is 0.895 bits per heavy atom. The molecule has 18 atom stereocenters. The third-order valence-corrected chi connectivity index (χ3v) is 15.0. The van der Waals surface area contributed by atoms with Crippen molar-refractivity contribution in [1.29, 1.82) is 0 Å². The van der Waals surface area contributed by atoms with E-state index in [4.69, 9.17) is 0 Å². The molecule has 7 unspecified atom stereocenters. The summed E-state index contributed by atoms with van der Waals surface area (Å²) in [7, 11) is 0. The van der Waals surface area contributed by atoms with Crippen molar-refractivity contribution in [1.82, 2.24) is 0 Å². The molecule has 0 saturated heterocycles. The van der Waals surface area contributed by atoms with Crippen LogP contribution in [-0.4, -0.2) is 0 Å². The SMILES string of the molecule is CCC(C(C)[C@@H]1[C@@H](C)[C@H](C(C)C)[C@H](C)[C@H](C(C)(C)C)[C@H]1C)[C@@H]1[C@H](C)[C@@H](C)C2C(C)[C@@H](C)C(C)C(C)C2[C@@H]1C. The molecule has 0 heteroatoms. The minimum atomic E-state index is 0.374. The summed E-state index contributed by atoms with van der Waals surface area (Å²) in [6, 6.07) is 0. The Kier molecular flexibility index (Phi) is 10.0. The minimum absolute atomic E-state index is 0.374. The highest BCUT2D eigenvalue weighted by Crippen LogP contribution is 2.62. The highest BCUT2D eigenvalue weighted by atomic mass is 14.6. The molecular weight excluding hydrogens is 456 g/mol. The maximum absolute atomic E-state index is 2.73. The lowest BCUT2D eigenvalue weighted by atomic mass is 9.43. The maximum atomic E-state index is 2.73. The molecule has 3 saturated carbocycles. The van der Waals surface area contributed by atoms with Crippen molar-refractivity contribution in [2.45, 2.75) is 124 Å². The van der Waals surface area contributed by atoms with Gasteiger partial charge in [0.1, 0.15) is 0 Å². The van der Waals surface area contributed by atoms with Gasteiger partial charge in [-0.15, -0.1) is 0 Å². The first-order chi connectivity index (χ1) is 17.4. The second-order valence-corrected chi connectivity index (χ2v) is 17.5. The highest BCUT2D eigenvalue weighted by molar-refractivity contribution is 5.05. The van der Waals surface area contributed by atoms with Crippen LogP contribution in [0.4, 0.5) is 0 Å². The van der Waals surface area contributed by atoms with Crippen molar-refractivity contribution in [3.8, 4) is 0 Å². The van der Waals surface area contributed by atoms with Crippen LogP contribution < -0.4 is 0 Å². The molecule has 3 rings (SSSR count). The zero-order chi connectivity index (χ0) is 29.2. The summed E-state index contributed by atoms with van der Waals surface area (Å²) >= 11 is 0. The molecular formula is C38H72. The van der Waals surface area contributed by atoms with E-state index in [2.05, 4.69) is 118 Å². The van der Waals surface area contributed by atoms with E-state index in [9.17, 15) is 0 Å². The first-order valence-corrected chi connectivity index (χ1v) is 17.4. The summed E-state index contributed by atoms with van der Waals surface area (Å²) in [5.74, 6) is 16.0. The quantitative estimate of drug-likeness (QED) is 0.333. The fourth-order valence-corrected chi connectivity index (χ4v) is 13.4. The van der Waals surface area contributed by atoms with Crippen LogP contribution in [0.25, 0.3) is 0 Å². The van der Waals surface area contributed by atoms with Gasteiger partial charge >= 0.3 is 0 Å². The van der Waals surface area contributed by atoms with E-state index < -0.39 is 0 Å². The number of hydrogen-bond acceptors (Lipinski definition) is 0. The molecule has 0 N–H and O–H groups in total. The summed E-state index contributed by atoms with van der Waals surface area (Å²) < 4.78 is 0. The van der Waals surface area contributed by atoms with Crippen molar-refractivity contribution >= 4 is 0 Å². The maximum Gasteiger partial charge on any atom is -0.0308 e. The smallest absolute Gasteiger partial charge is 0.0308 e. The molecule has 0 aromatic heterocycles. The summed E-state index contributed by atoms with van der Waals surface area (Å²) in [5.41, 5.74) is 0.374. The summed E-state index contributed by atoms with van der Waals surface area (Å²) in [5, 5.41) is 0. The largest absolute Gasteiger partial charge is 0.0651 e. The van der Waals surface area contributed by atoms with E-state index in [1.165, 1.54) is 6.42 Å². The fraction of sp³-hybridized carbons (Fsp3) is 1.00. The van der Waals surface area contributed by atoms with Crippen LogP contribution in [0.2, 0.25) is 0 Å².